The van der Waals surface area contributed by atoms with Crippen LogP contribution in [0.2, 0.25) is 0 Å². The van der Waals surface area contributed by atoms with Crippen molar-refractivity contribution in [3.05, 3.63) is 70.3 Å². The van der Waals surface area contributed by atoms with Crippen molar-refractivity contribution in [2.75, 3.05) is 0 Å². The summed E-state index contributed by atoms with van der Waals surface area (Å²) in [5, 5.41) is 9.31. The number of carbonyl (C=O) groups is 1. The zero-order valence-electron chi connectivity index (χ0n) is 11.7. The van der Waals surface area contributed by atoms with E-state index < -0.39 is 17.9 Å². The second-order valence-electron chi connectivity index (χ2n) is 5.53. The Bertz CT molecular complexity index is 692. The molecule has 0 amide bonds. The standard InChI is InChI=1S/C17H15F2NO2/c18-11-3-5-13-9(7-11)1-2-10-8-12(19)4-6-14(10)15(13)16(20)17(21)22/h3-8,15-16H,1-2,20H2,(H,21,22). The van der Waals surface area contributed by atoms with Crippen LogP contribution in [0.5, 0.6) is 0 Å². The van der Waals surface area contributed by atoms with E-state index in [1.165, 1.54) is 24.3 Å². The minimum absolute atomic E-state index is 0.376. The smallest absolute Gasteiger partial charge is 0.321 e. The molecule has 2 aromatic rings. The predicted molar refractivity (Wildman–Crippen MR) is 77.7 cm³/mol. The third-order valence-corrected chi connectivity index (χ3v) is 4.19. The molecule has 0 saturated carbocycles. The fraction of sp³-hybridized carbons (Fsp3) is 0.235. The number of carboxylic acid groups (broad SMARTS) is 1. The van der Waals surface area contributed by atoms with Crippen LogP contribution >= 0.6 is 0 Å². The highest BCUT2D eigenvalue weighted by Gasteiger charge is 2.32. The molecule has 0 radical (unpaired) electrons. The second kappa shape index (κ2) is 5.50. The van der Waals surface area contributed by atoms with E-state index in [0.717, 1.165) is 11.1 Å². The fourth-order valence-electron chi connectivity index (χ4n) is 3.15. The number of nitrogens with two attached hydrogens (primary N) is 1. The largest absolute Gasteiger partial charge is 0.480 e. The first-order chi connectivity index (χ1) is 10.5. The summed E-state index contributed by atoms with van der Waals surface area (Å²) >= 11 is 0. The van der Waals surface area contributed by atoms with Gasteiger partial charge in [-0.25, -0.2) is 8.78 Å². The number of hydrogen-bond donors (Lipinski definition) is 2. The summed E-state index contributed by atoms with van der Waals surface area (Å²) in [6, 6.07) is 7.39. The molecule has 3 rings (SSSR count). The first-order valence-corrected chi connectivity index (χ1v) is 7.02. The van der Waals surface area contributed by atoms with Gasteiger partial charge in [0.15, 0.2) is 0 Å². The van der Waals surface area contributed by atoms with Crippen molar-refractivity contribution >= 4 is 5.97 Å². The lowest BCUT2D eigenvalue weighted by atomic mass is 9.83. The molecule has 3 nitrogen and oxygen atoms in total. The number of hydrogen-bond acceptors (Lipinski definition) is 2. The van der Waals surface area contributed by atoms with Crippen LogP contribution < -0.4 is 5.73 Å². The quantitative estimate of drug-likeness (QED) is 0.896. The minimum Gasteiger partial charge on any atom is -0.480 e. The first kappa shape index (κ1) is 14.7. The van der Waals surface area contributed by atoms with Crippen molar-refractivity contribution in [3.63, 3.8) is 0 Å². The van der Waals surface area contributed by atoms with Gasteiger partial charge in [-0.2, -0.15) is 0 Å². The maximum Gasteiger partial charge on any atom is 0.321 e. The van der Waals surface area contributed by atoms with Crippen molar-refractivity contribution in [2.45, 2.75) is 24.8 Å². The van der Waals surface area contributed by atoms with Crippen molar-refractivity contribution in [1.29, 1.82) is 0 Å². The van der Waals surface area contributed by atoms with E-state index in [4.69, 9.17) is 5.73 Å². The van der Waals surface area contributed by atoms with Gasteiger partial charge in [0.05, 0.1) is 0 Å². The summed E-state index contributed by atoms with van der Waals surface area (Å²) in [5.41, 5.74) is 8.71. The van der Waals surface area contributed by atoms with Gasteiger partial charge in [-0.1, -0.05) is 12.1 Å². The molecule has 1 aliphatic carbocycles. The number of benzene rings is 2. The molecule has 0 spiro atoms. The van der Waals surface area contributed by atoms with Crippen LogP contribution in [-0.2, 0) is 17.6 Å². The number of aryl methyl sites for hydroxylation is 2. The van der Waals surface area contributed by atoms with E-state index in [1.54, 1.807) is 12.1 Å². The molecule has 22 heavy (non-hydrogen) atoms. The molecule has 1 atom stereocenters. The molecule has 114 valence electrons. The topological polar surface area (TPSA) is 63.3 Å². The van der Waals surface area contributed by atoms with E-state index in [9.17, 15) is 18.7 Å². The molecule has 1 unspecified atom stereocenters. The first-order valence-electron chi connectivity index (χ1n) is 7.02. The van der Waals surface area contributed by atoms with Gasteiger partial charge in [-0.05, 0) is 59.4 Å². The Kier molecular flexibility index (Phi) is 3.66. The van der Waals surface area contributed by atoms with E-state index >= 15 is 0 Å². The summed E-state index contributed by atoms with van der Waals surface area (Å²) in [4.78, 5) is 11.4. The van der Waals surface area contributed by atoms with Gasteiger partial charge in [-0.3, -0.25) is 4.79 Å². The zero-order valence-corrected chi connectivity index (χ0v) is 11.7. The molecule has 0 heterocycles. The van der Waals surface area contributed by atoms with Gasteiger partial charge < -0.3 is 10.8 Å². The Morgan fingerprint density at radius 1 is 1.05 bits per heavy atom. The average molecular weight is 303 g/mol. The number of carboxylic acids is 1. The highest BCUT2D eigenvalue weighted by atomic mass is 19.1. The monoisotopic (exact) mass is 303 g/mol. The lowest BCUT2D eigenvalue weighted by molar-refractivity contribution is -0.138. The van der Waals surface area contributed by atoms with Gasteiger partial charge in [-0.15, -0.1) is 0 Å². The number of aliphatic carboxylic acids is 1. The average Bonchev–Trinajstić information content (AvgIpc) is 2.62. The molecule has 2 aromatic carbocycles. The SMILES string of the molecule is NC(C(=O)O)C1c2ccc(F)cc2CCc2cc(F)ccc21. The van der Waals surface area contributed by atoms with Crippen molar-refractivity contribution in [3.8, 4) is 0 Å². The fourth-order valence-corrected chi connectivity index (χ4v) is 3.15. The van der Waals surface area contributed by atoms with Crippen molar-refractivity contribution in [2.24, 2.45) is 5.73 Å². The maximum absolute atomic E-state index is 13.5. The van der Waals surface area contributed by atoms with Gasteiger partial charge in [0.2, 0.25) is 0 Å². The molecule has 0 bridgehead atoms. The van der Waals surface area contributed by atoms with E-state index in [0.29, 0.717) is 24.0 Å². The van der Waals surface area contributed by atoms with Crippen LogP contribution in [0, 0.1) is 11.6 Å². The highest BCUT2D eigenvalue weighted by Crippen LogP contribution is 2.36. The lowest BCUT2D eigenvalue weighted by Crippen LogP contribution is -2.37. The van der Waals surface area contributed by atoms with Crippen LogP contribution in [-0.4, -0.2) is 17.1 Å². The van der Waals surface area contributed by atoms with Crippen molar-refractivity contribution in [1.82, 2.24) is 0 Å². The molecule has 0 fully saturated rings. The Labute approximate surface area is 126 Å². The molecule has 0 aromatic heterocycles. The van der Waals surface area contributed by atoms with Crippen LogP contribution in [0.15, 0.2) is 36.4 Å². The summed E-state index contributed by atoms with van der Waals surface area (Å²) in [7, 11) is 0. The van der Waals surface area contributed by atoms with Crippen LogP contribution in [0.25, 0.3) is 0 Å². The molecule has 0 saturated heterocycles. The molecule has 5 heteroatoms. The Hall–Kier alpha value is -2.27. The number of fused-ring (bicyclic) bond motifs is 2. The van der Waals surface area contributed by atoms with E-state index in [1.807, 2.05) is 0 Å². The molecular formula is C17H15F2NO2. The Morgan fingerprint density at radius 3 is 1.91 bits per heavy atom. The maximum atomic E-state index is 13.5. The summed E-state index contributed by atoms with van der Waals surface area (Å²) in [5.74, 6) is -2.51. The Morgan fingerprint density at radius 2 is 1.50 bits per heavy atom. The second-order valence-corrected chi connectivity index (χ2v) is 5.53. The molecule has 0 aliphatic heterocycles. The molecule has 3 N–H and O–H groups in total. The minimum atomic E-state index is -1.17. The van der Waals surface area contributed by atoms with Crippen LogP contribution in [0.1, 0.15) is 28.2 Å². The lowest BCUT2D eigenvalue weighted by Gasteiger charge is -2.24. The summed E-state index contributed by atoms with van der Waals surface area (Å²) in [6.45, 7) is 0. The molecular weight excluding hydrogens is 288 g/mol. The van der Waals surface area contributed by atoms with Crippen LogP contribution in [0.4, 0.5) is 8.78 Å². The number of halogens is 2. The van der Waals surface area contributed by atoms with Gasteiger partial charge >= 0.3 is 5.97 Å². The predicted octanol–water partition coefficient (Wildman–Crippen LogP) is 2.61. The number of rotatable bonds is 2. The summed E-state index contributed by atoms with van der Waals surface area (Å²) in [6.07, 6.45) is 1.04. The zero-order chi connectivity index (χ0) is 15.9. The molecule has 1 aliphatic rings. The van der Waals surface area contributed by atoms with Crippen molar-refractivity contribution < 1.29 is 18.7 Å². The van der Waals surface area contributed by atoms with Gasteiger partial charge in [0.1, 0.15) is 17.7 Å². The Balaban J connectivity index is 2.22. The third-order valence-electron chi connectivity index (χ3n) is 4.19. The van der Waals surface area contributed by atoms with Gasteiger partial charge in [0, 0.05) is 5.92 Å². The van der Waals surface area contributed by atoms with E-state index in [2.05, 4.69) is 0 Å². The normalized spacial score (nSPS) is 15.6. The van der Waals surface area contributed by atoms with Crippen LogP contribution in [0.3, 0.4) is 0 Å². The third kappa shape index (κ3) is 2.48. The summed E-state index contributed by atoms with van der Waals surface area (Å²) < 4.78 is 27.0. The highest BCUT2D eigenvalue weighted by molar-refractivity contribution is 5.76. The van der Waals surface area contributed by atoms with E-state index in [-0.39, 0.29) is 11.6 Å². The van der Waals surface area contributed by atoms with Gasteiger partial charge in [0.25, 0.3) is 0 Å².